The molecule has 0 aliphatic carbocycles. The van der Waals surface area contributed by atoms with Crippen LogP contribution < -0.4 is 5.73 Å². The van der Waals surface area contributed by atoms with Gasteiger partial charge in [-0.15, -0.1) is 0 Å². The lowest BCUT2D eigenvalue weighted by atomic mass is 10.2. The number of halogens is 1. The van der Waals surface area contributed by atoms with Gasteiger partial charge in [0.1, 0.15) is 17.2 Å². The highest BCUT2D eigenvalue weighted by atomic mass is 19.1. The molecule has 0 unspecified atom stereocenters. The van der Waals surface area contributed by atoms with Crippen LogP contribution in [0.25, 0.3) is 0 Å². The first-order valence-electron chi connectivity index (χ1n) is 5.29. The van der Waals surface area contributed by atoms with Crippen LogP contribution in [0.2, 0.25) is 0 Å². The van der Waals surface area contributed by atoms with Crippen LogP contribution in [0.3, 0.4) is 0 Å². The molecule has 1 heterocycles. The first kappa shape index (κ1) is 12.1. The maximum absolute atomic E-state index is 12.8. The van der Waals surface area contributed by atoms with Gasteiger partial charge in [0.2, 0.25) is 0 Å². The van der Waals surface area contributed by atoms with Gasteiger partial charge >= 0.3 is 5.97 Å². The number of hydrogen-bond donors (Lipinski definition) is 2. The molecule has 18 heavy (non-hydrogen) atoms. The van der Waals surface area contributed by atoms with Gasteiger partial charge in [-0.1, -0.05) is 12.1 Å². The van der Waals surface area contributed by atoms with E-state index in [1.54, 1.807) is 19.1 Å². The lowest BCUT2D eigenvalue weighted by Crippen LogP contribution is -2.08. The van der Waals surface area contributed by atoms with Gasteiger partial charge in [-0.25, -0.2) is 13.9 Å². The Morgan fingerprint density at radius 2 is 2.06 bits per heavy atom. The highest BCUT2D eigenvalue weighted by Crippen LogP contribution is 2.17. The summed E-state index contributed by atoms with van der Waals surface area (Å²) in [6, 6.07) is 5.87. The van der Waals surface area contributed by atoms with Crippen LogP contribution in [0.5, 0.6) is 0 Å². The molecule has 0 radical (unpaired) electrons. The fourth-order valence-corrected chi connectivity index (χ4v) is 1.75. The van der Waals surface area contributed by atoms with Crippen LogP contribution in [0, 0.1) is 12.7 Å². The first-order chi connectivity index (χ1) is 8.49. The Morgan fingerprint density at radius 1 is 1.44 bits per heavy atom. The number of hydrogen-bond acceptors (Lipinski definition) is 3. The van der Waals surface area contributed by atoms with Gasteiger partial charge in [-0.2, -0.15) is 5.10 Å². The maximum Gasteiger partial charge on any atom is 0.341 e. The Balaban J connectivity index is 2.33. The molecular weight excluding hydrogens is 237 g/mol. The number of aromatic nitrogens is 2. The molecule has 5 nitrogen and oxygen atoms in total. The van der Waals surface area contributed by atoms with E-state index < -0.39 is 5.97 Å². The molecule has 1 aromatic heterocycles. The van der Waals surface area contributed by atoms with E-state index >= 15 is 0 Å². The van der Waals surface area contributed by atoms with Gasteiger partial charge in [-0.05, 0) is 24.6 Å². The third-order valence-electron chi connectivity index (χ3n) is 2.63. The zero-order chi connectivity index (χ0) is 13.3. The fourth-order valence-electron chi connectivity index (χ4n) is 1.75. The molecule has 0 amide bonds. The van der Waals surface area contributed by atoms with E-state index in [0.717, 1.165) is 5.56 Å². The van der Waals surface area contributed by atoms with E-state index in [1.165, 1.54) is 16.8 Å². The molecule has 1 aromatic carbocycles. The van der Waals surface area contributed by atoms with Crippen LogP contribution in [0.15, 0.2) is 24.3 Å². The lowest BCUT2D eigenvalue weighted by molar-refractivity contribution is 0.0697. The second-order valence-electron chi connectivity index (χ2n) is 3.93. The Bertz CT molecular complexity index is 590. The number of carboxylic acids is 1. The molecule has 0 saturated heterocycles. The number of aromatic carboxylic acids is 1. The van der Waals surface area contributed by atoms with Crippen LogP contribution in [-0.2, 0) is 6.54 Å². The minimum atomic E-state index is -1.10. The van der Waals surface area contributed by atoms with Crippen molar-refractivity contribution in [3.63, 3.8) is 0 Å². The van der Waals surface area contributed by atoms with Crippen molar-refractivity contribution >= 4 is 11.8 Å². The van der Waals surface area contributed by atoms with Crippen molar-refractivity contribution in [2.45, 2.75) is 13.5 Å². The molecule has 0 atom stereocenters. The summed E-state index contributed by atoms with van der Waals surface area (Å²) in [6.45, 7) is 1.89. The van der Waals surface area contributed by atoms with Crippen LogP contribution in [-0.4, -0.2) is 20.9 Å². The summed E-state index contributed by atoms with van der Waals surface area (Å²) in [5.74, 6) is -1.32. The Hall–Kier alpha value is -2.37. The molecule has 6 heteroatoms. The molecule has 0 bridgehead atoms. The molecule has 0 aliphatic rings. The standard InChI is InChI=1S/C12H12FN3O2/c1-7-10(12(17)18)11(14)16(15-7)6-8-2-4-9(13)5-3-8/h2-5H,6,14H2,1H3,(H,17,18). The minimum Gasteiger partial charge on any atom is -0.477 e. The number of benzene rings is 1. The average molecular weight is 249 g/mol. The summed E-state index contributed by atoms with van der Waals surface area (Å²) in [5, 5.41) is 13.0. The summed E-state index contributed by atoms with van der Waals surface area (Å²) in [5.41, 5.74) is 6.90. The van der Waals surface area contributed by atoms with Crippen LogP contribution >= 0.6 is 0 Å². The maximum atomic E-state index is 12.8. The normalized spacial score (nSPS) is 10.6. The number of nitrogen functional groups attached to an aromatic ring is 1. The molecule has 2 rings (SSSR count). The summed E-state index contributed by atoms with van der Waals surface area (Å²) < 4.78 is 14.1. The van der Waals surface area contributed by atoms with Crippen molar-refractivity contribution in [3.05, 3.63) is 46.9 Å². The second kappa shape index (κ2) is 4.48. The number of rotatable bonds is 3. The zero-order valence-corrected chi connectivity index (χ0v) is 9.72. The monoisotopic (exact) mass is 249 g/mol. The molecule has 3 N–H and O–H groups in total. The molecule has 0 saturated carbocycles. The van der Waals surface area contributed by atoms with Crippen molar-refractivity contribution < 1.29 is 14.3 Å². The van der Waals surface area contributed by atoms with Gasteiger partial charge in [0.15, 0.2) is 0 Å². The highest BCUT2D eigenvalue weighted by Gasteiger charge is 2.18. The SMILES string of the molecule is Cc1nn(Cc2ccc(F)cc2)c(N)c1C(=O)O. The van der Waals surface area contributed by atoms with Crippen molar-refractivity contribution in [1.29, 1.82) is 0 Å². The molecule has 0 spiro atoms. The smallest absolute Gasteiger partial charge is 0.341 e. The van der Waals surface area contributed by atoms with Gasteiger partial charge in [0, 0.05) is 0 Å². The van der Waals surface area contributed by atoms with E-state index in [9.17, 15) is 9.18 Å². The van der Waals surface area contributed by atoms with E-state index in [2.05, 4.69) is 5.10 Å². The summed E-state index contributed by atoms with van der Waals surface area (Å²) >= 11 is 0. The van der Waals surface area contributed by atoms with Crippen LogP contribution in [0.4, 0.5) is 10.2 Å². The Morgan fingerprint density at radius 3 is 2.56 bits per heavy atom. The van der Waals surface area contributed by atoms with Gasteiger partial charge in [-0.3, -0.25) is 0 Å². The summed E-state index contributed by atoms with van der Waals surface area (Å²) in [4.78, 5) is 11.0. The van der Waals surface area contributed by atoms with E-state index in [4.69, 9.17) is 10.8 Å². The quantitative estimate of drug-likeness (QED) is 0.866. The average Bonchev–Trinajstić information content (AvgIpc) is 2.57. The van der Waals surface area contributed by atoms with E-state index in [1.807, 2.05) is 0 Å². The topological polar surface area (TPSA) is 81.1 Å². The van der Waals surface area contributed by atoms with E-state index in [-0.39, 0.29) is 17.2 Å². The van der Waals surface area contributed by atoms with Gasteiger partial charge < -0.3 is 10.8 Å². The van der Waals surface area contributed by atoms with Crippen LogP contribution in [0.1, 0.15) is 21.6 Å². The summed E-state index contributed by atoms with van der Waals surface area (Å²) in [7, 11) is 0. The van der Waals surface area contributed by atoms with Crippen molar-refractivity contribution in [1.82, 2.24) is 9.78 Å². The van der Waals surface area contributed by atoms with Crippen molar-refractivity contribution in [2.75, 3.05) is 5.73 Å². The number of nitrogens with two attached hydrogens (primary N) is 1. The number of aryl methyl sites for hydroxylation is 1. The second-order valence-corrected chi connectivity index (χ2v) is 3.93. The predicted molar refractivity (Wildman–Crippen MR) is 63.8 cm³/mol. The van der Waals surface area contributed by atoms with Gasteiger partial charge in [0.25, 0.3) is 0 Å². The molecular formula is C12H12FN3O2. The Kier molecular flexibility index (Phi) is 3.01. The summed E-state index contributed by atoms with van der Waals surface area (Å²) in [6.07, 6.45) is 0. The number of nitrogens with zero attached hydrogens (tertiary/aromatic N) is 2. The minimum absolute atomic E-state index is 0.0112. The molecule has 0 fully saturated rings. The third-order valence-corrected chi connectivity index (χ3v) is 2.63. The van der Waals surface area contributed by atoms with E-state index in [0.29, 0.717) is 12.2 Å². The molecule has 0 aliphatic heterocycles. The Labute approximate surface area is 103 Å². The molecule has 2 aromatic rings. The molecule has 94 valence electrons. The highest BCUT2D eigenvalue weighted by molar-refractivity contribution is 5.94. The number of anilines is 1. The first-order valence-corrected chi connectivity index (χ1v) is 5.29. The fraction of sp³-hybridized carbons (Fsp3) is 0.167. The largest absolute Gasteiger partial charge is 0.477 e. The number of carbonyl (C=O) groups is 1. The van der Waals surface area contributed by atoms with Crippen molar-refractivity contribution in [3.8, 4) is 0 Å². The third kappa shape index (κ3) is 2.17. The van der Waals surface area contributed by atoms with Crippen molar-refractivity contribution in [2.24, 2.45) is 0 Å². The number of carboxylic acid groups (broad SMARTS) is 1. The lowest BCUT2D eigenvalue weighted by Gasteiger charge is -2.04. The zero-order valence-electron chi connectivity index (χ0n) is 9.72. The van der Waals surface area contributed by atoms with Gasteiger partial charge in [0.05, 0.1) is 12.2 Å². The predicted octanol–water partition coefficient (Wildman–Crippen LogP) is 1.66.